The van der Waals surface area contributed by atoms with E-state index in [-0.39, 0.29) is 0 Å². The smallest absolute Gasteiger partial charge is 0.118 e. The molecule has 0 heterocycles. The Kier molecular flexibility index (Phi) is 4.27. The topological polar surface area (TPSA) is 9.23 Å². The maximum Gasteiger partial charge on any atom is 0.118 e. The van der Waals surface area contributed by atoms with Crippen LogP contribution in [0.2, 0.25) is 0 Å². The Labute approximate surface area is 91.0 Å². The Hall–Kier alpha value is -0.690. The fourth-order valence-electron chi connectivity index (χ4n) is 1.50. The fraction of sp³-hybridized carbons (Fsp3) is 0.500. The molecule has 0 saturated carbocycles. The van der Waals surface area contributed by atoms with Crippen LogP contribution in [0.25, 0.3) is 0 Å². The second-order valence-electron chi connectivity index (χ2n) is 3.78. The minimum absolute atomic E-state index is 0.433. The van der Waals surface area contributed by atoms with Crippen LogP contribution < -0.4 is 4.74 Å². The number of halogens is 1. The molecule has 1 rings (SSSR count). The molecule has 14 heavy (non-hydrogen) atoms. The normalized spacial score (nSPS) is 12.9. The van der Waals surface area contributed by atoms with Crippen molar-refractivity contribution in [2.24, 2.45) is 5.92 Å². The Morgan fingerprint density at radius 3 is 2.14 bits per heavy atom. The highest BCUT2D eigenvalue weighted by molar-refractivity contribution is 6.18. The molecule has 0 aromatic heterocycles. The van der Waals surface area contributed by atoms with E-state index >= 15 is 0 Å². The molecule has 0 bridgehead atoms. The predicted octanol–water partition coefficient (Wildman–Crippen LogP) is 3.67. The highest BCUT2D eigenvalue weighted by Crippen LogP contribution is 2.26. The molecule has 1 unspecified atom stereocenters. The highest BCUT2D eigenvalue weighted by atomic mass is 35.5. The zero-order valence-corrected chi connectivity index (χ0v) is 9.71. The number of rotatable bonds is 4. The second-order valence-corrected chi connectivity index (χ2v) is 4.09. The van der Waals surface area contributed by atoms with Crippen molar-refractivity contribution in [3.63, 3.8) is 0 Å². The maximum absolute atomic E-state index is 5.94. The molecule has 1 atom stereocenters. The molecule has 78 valence electrons. The van der Waals surface area contributed by atoms with Crippen molar-refractivity contribution in [3.8, 4) is 5.75 Å². The molecule has 1 nitrogen and oxygen atoms in total. The Bertz CT molecular complexity index is 266. The monoisotopic (exact) mass is 212 g/mol. The van der Waals surface area contributed by atoms with Gasteiger partial charge in [-0.15, -0.1) is 11.6 Å². The van der Waals surface area contributed by atoms with E-state index in [1.807, 2.05) is 12.1 Å². The summed E-state index contributed by atoms with van der Waals surface area (Å²) in [4.78, 5) is 0. The summed E-state index contributed by atoms with van der Waals surface area (Å²) in [6.45, 7) is 4.38. The third kappa shape index (κ3) is 2.65. The quantitative estimate of drug-likeness (QED) is 0.692. The standard InChI is InChI=1S/C12H17ClO/c1-9(2)12(8-13)10-4-6-11(14-3)7-5-10/h4-7,9,12H,8H2,1-3H3. The van der Waals surface area contributed by atoms with E-state index in [2.05, 4.69) is 26.0 Å². The van der Waals surface area contributed by atoms with Gasteiger partial charge in [0.25, 0.3) is 0 Å². The number of hydrogen-bond donors (Lipinski definition) is 0. The van der Waals surface area contributed by atoms with Crippen molar-refractivity contribution in [1.29, 1.82) is 0 Å². The summed E-state index contributed by atoms with van der Waals surface area (Å²) >= 11 is 5.94. The lowest BCUT2D eigenvalue weighted by Gasteiger charge is -2.18. The summed E-state index contributed by atoms with van der Waals surface area (Å²) in [5.41, 5.74) is 1.29. The van der Waals surface area contributed by atoms with Crippen LogP contribution in [0.5, 0.6) is 5.75 Å². The van der Waals surface area contributed by atoms with Crippen molar-refractivity contribution in [3.05, 3.63) is 29.8 Å². The van der Waals surface area contributed by atoms with Gasteiger partial charge in [0.05, 0.1) is 7.11 Å². The zero-order valence-electron chi connectivity index (χ0n) is 8.96. The molecular formula is C12H17ClO. The van der Waals surface area contributed by atoms with Gasteiger partial charge < -0.3 is 4.74 Å². The number of alkyl halides is 1. The van der Waals surface area contributed by atoms with Gasteiger partial charge in [-0.05, 0) is 29.5 Å². The van der Waals surface area contributed by atoms with Crippen molar-refractivity contribution in [1.82, 2.24) is 0 Å². The van der Waals surface area contributed by atoms with E-state index in [0.29, 0.717) is 17.7 Å². The number of hydrogen-bond acceptors (Lipinski definition) is 1. The molecule has 0 radical (unpaired) electrons. The van der Waals surface area contributed by atoms with Gasteiger partial charge in [0.1, 0.15) is 5.75 Å². The van der Waals surface area contributed by atoms with Gasteiger partial charge in [-0.1, -0.05) is 26.0 Å². The summed E-state index contributed by atoms with van der Waals surface area (Å²) in [5, 5.41) is 0. The van der Waals surface area contributed by atoms with Crippen LogP contribution in [0.1, 0.15) is 25.3 Å². The van der Waals surface area contributed by atoms with Gasteiger partial charge in [-0.25, -0.2) is 0 Å². The number of methoxy groups -OCH3 is 1. The van der Waals surface area contributed by atoms with E-state index in [4.69, 9.17) is 16.3 Å². The number of ether oxygens (including phenoxy) is 1. The Morgan fingerprint density at radius 2 is 1.79 bits per heavy atom. The van der Waals surface area contributed by atoms with Gasteiger partial charge in [0.2, 0.25) is 0 Å². The minimum atomic E-state index is 0.433. The van der Waals surface area contributed by atoms with Crippen molar-refractivity contribution in [2.45, 2.75) is 19.8 Å². The zero-order chi connectivity index (χ0) is 10.6. The maximum atomic E-state index is 5.94. The summed E-state index contributed by atoms with van der Waals surface area (Å²) in [6, 6.07) is 8.15. The first-order valence-corrected chi connectivity index (χ1v) is 5.42. The molecule has 2 heteroatoms. The highest BCUT2D eigenvalue weighted by Gasteiger charge is 2.14. The van der Waals surface area contributed by atoms with Crippen LogP contribution >= 0.6 is 11.6 Å². The molecule has 0 aliphatic rings. The van der Waals surface area contributed by atoms with Crippen LogP contribution in [-0.2, 0) is 0 Å². The van der Waals surface area contributed by atoms with Crippen LogP contribution in [0.15, 0.2) is 24.3 Å². The lowest BCUT2D eigenvalue weighted by atomic mass is 9.90. The summed E-state index contributed by atoms with van der Waals surface area (Å²) < 4.78 is 5.11. The molecule has 0 aliphatic carbocycles. The van der Waals surface area contributed by atoms with E-state index in [9.17, 15) is 0 Å². The summed E-state index contributed by atoms with van der Waals surface area (Å²) in [6.07, 6.45) is 0. The van der Waals surface area contributed by atoms with Gasteiger partial charge in [0, 0.05) is 5.88 Å². The van der Waals surface area contributed by atoms with Crippen molar-refractivity contribution < 1.29 is 4.74 Å². The van der Waals surface area contributed by atoms with Crippen LogP contribution in [-0.4, -0.2) is 13.0 Å². The minimum Gasteiger partial charge on any atom is -0.497 e. The third-order valence-electron chi connectivity index (χ3n) is 2.51. The molecule has 0 aliphatic heterocycles. The average molecular weight is 213 g/mol. The SMILES string of the molecule is COc1ccc(C(CCl)C(C)C)cc1. The van der Waals surface area contributed by atoms with Gasteiger partial charge >= 0.3 is 0 Å². The van der Waals surface area contributed by atoms with Crippen LogP contribution in [0.4, 0.5) is 0 Å². The molecule has 0 fully saturated rings. The van der Waals surface area contributed by atoms with Crippen LogP contribution in [0.3, 0.4) is 0 Å². The lowest BCUT2D eigenvalue weighted by molar-refractivity contribution is 0.414. The molecule has 0 N–H and O–H groups in total. The Balaban J connectivity index is 2.84. The first kappa shape index (κ1) is 11.4. The molecule has 0 spiro atoms. The van der Waals surface area contributed by atoms with E-state index in [0.717, 1.165) is 5.75 Å². The molecular weight excluding hydrogens is 196 g/mol. The fourth-order valence-corrected chi connectivity index (χ4v) is 2.04. The molecule has 0 amide bonds. The largest absolute Gasteiger partial charge is 0.497 e. The van der Waals surface area contributed by atoms with E-state index < -0.39 is 0 Å². The van der Waals surface area contributed by atoms with E-state index in [1.165, 1.54) is 5.56 Å². The Morgan fingerprint density at radius 1 is 1.21 bits per heavy atom. The summed E-state index contributed by atoms with van der Waals surface area (Å²) in [5.74, 6) is 2.57. The lowest BCUT2D eigenvalue weighted by Crippen LogP contribution is -2.08. The first-order chi connectivity index (χ1) is 6.69. The predicted molar refractivity (Wildman–Crippen MR) is 61.3 cm³/mol. The molecule has 1 aromatic carbocycles. The first-order valence-electron chi connectivity index (χ1n) is 4.89. The van der Waals surface area contributed by atoms with Gasteiger partial charge in [-0.2, -0.15) is 0 Å². The van der Waals surface area contributed by atoms with Crippen molar-refractivity contribution in [2.75, 3.05) is 13.0 Å². The van der Waals surface area contributed by atoms with Gasteiger partial charge in [0.15, 0.2) is 0 Å². The van der Waals surface area contributed by atoms with E-state index in [1.54, 1.807) is 7.11 Å². The number of benzene rings is 1. The van der Waals surface area contributed by atoms with Crippen LogP contribution in [0, 0.1) is 5.92 Å². The average Bonchev–Trinajstić information content (AvgIpc) is 2.19. The molecule has 0 saturated heterocycles. The third-order valence-corrected chi connectivity index (χ3v) is 2.85. The second kappa shape index (κ2) is 5.26. The summed E-state index contributed by atoms with van der Waals surface area (Å²) in [7, 11) is 1.68. The van der Waals surface area contributed by atoms with Crippen molar-refractivity contribution >= 4 is 11.6 Å². The van der Waals surface area contributed by atoms with Gasteiger partial charge in [-0.3, -0.25) is 0 Å². The molecule has 1 aromatic rings.